The molecular weight excluding hydrogens is 345 g/mol. The highest BCUT2D eigenvalue weighted by molar-refractivity contribution is 6.31. The van der Waals surface area contributed by atoms with Crippen molar-refractivity contribution < 1.29 is 64.8 Å². The first-order chi connectivity index (χ1) is 11.2. The first-order valence-corrected chi connectivity index (χ1v) is 7.19. The average molecular weight is 378 g/mol. The second-order valence-electron chi connectivity index (χ2n) is 3.99. The van der Waals surface area contributed by atoms with Crippen LogP contribution in [-0.4, -0.2) is 120 Å². The molecule has 0 aromatic carbocycles. The largest absolute Gasteiger partial charge is 0.631 e. The van der Waals surface area contributed by atoms with Crippen LogP contribution in [0.4, 0.5) is 0 Å². The van der Waals surface area contributed by atoms with Gasteiger partial charge in [-0.15, -0.1) is 0 Å². The molecule has 12 N–H and O–H groups in total. The predicted octanol–water partition coefficient (Wildman–Crippen LogP) is -6.32. The molecule has 25 heavy (non-hydrogen) atoms. The van der Waals surface area contributed by atoms with E-state index in [0.717, 1.165) is 0 Å². The van der Waals surface area contributed by atoms with E-state index in [1.165, 1.54) is 30.7 Å². The van der Waals surface area contributed by atoms with E-state index in [2.05, 4.69) is 27.7 Å². The molecule has 0 aliphatic heterocycles. The van der Waals surface area contributed by atoms with E-state index in [0.29, 0.717) is 0 Å². The lowest BCUT2D eigenvalue weighted by Gasteiger charge is -2.34. The molecule has 0 saturated carbocycles. The van der Waals surface area contributed by atoms with Gasteiger partial charge in [0.05, 0.1) is 26.2 Å². The maximum absolute atomic E-state index is 7.17. The normalized spacial score (nSPS) is 8.64. The molecule has 0 spiro atoms. The molecule has 0 bridgehead atoms. The summed E-state index contributed by atoms with van der Waals surface area (Å²) in [4.78, 5) is 0. The summed E-state index contributed by atoms with van der Waals surface area (Å²) < 4.78 is 1.28. The highest BCUT2D eigenvalue weighted by Crippen LogP contribution is 2.03. The summed E-state index contributed by atoms with van der Waals surface area (Å²) >= 11 is 0. The Morgan fingerprint density at radius 2 is 0.480 bits per heavy atom. The van der Waals surface area contributed by atoms with E-state index in [1.807, 2.05) is 0 Å². The third-order valence-corrected chi connectivity index (χ3v) is 2.68. The van der Waals surface area contributed by atoms with Crippen molar-refractivity contribution in [2.45, 2.75) is 27.7 Å². The Bertz CT molecular complexity index is 171. The molecule has 152 valence electrons. The molecule has 13 nitrogen and oxygen atoms in total. The summed E-state index contributed by atoms with van der Waals surface area (Å²) in [7, 11) is -8.67. The van der Waals surface area contributed by atoms with Gasteiger partial charge < -0.3 is 64.8 Å². The van der Waals surface area contributed by atoms with Crippen molar-refractivity contribution in [1.29, 1.82) is 0 Å². The molecule has 0 radical (unpaired) electrons. The van der Waals surface area contributed by atoms with Crippen molar-refractivity contribution in [2.24, 2.45) is 0 Å². The van der Waals surface area contributed by atoms with Crippen LogP contribution in [0.1, 0.15) is 27.7 Å². The lowest BCUT2D eigenvalue weighted by Crippen LogP contribution is -2.47. The molecule has 0 aliphatic rings. The van der Waals surface area contributed by atoms with Crippen LogP contribution in [-0.2, 0) is 0 Å². The monoisotopic (exact) mass is 378 g/mol. The fourth-order valence-electron chi connectivity index (χ4n) is 1.34. The Kier molecular flexibility index (Phi) is 37.2. The average Bonchev–Trinajstić information content (AvgIpc) is 2.39. The topological polar surface area (TPSA) is 243 Å². The van der Waals surface area contributed by atoms with E-state index < -0.39 is 29.3 Å². The number of hydrogen-bond donors (Lipinski definition) is 12. The minimum atomic E-state index is -2.17. The Morgan fingerprint density at radius 3 is 0.480 bits per heavy atom. The molecule has 0 fully saturated rings. The van der Waals surface area contributed by atoms with Crippen molar-refractivity contribution in [3.05, 3.63) is 0 Å². The maximum atomic E-state index is 7.17. The van der Waals surface area contributed by atoms with Crippen molar-refractivity contribution in [1.82, 2.24) is 0 Å². The molecule has 0 atom stereocenters. The highest BCUT2D eigenvalue weighted by Gasteiger charge is 2.16. The molecule has 0 unspecified atom stereocenters. The van der Waals surface area contributed by atoms with Crippen molar-refractivity contribution in [3.63, 3.8) is 0 Å². The zero-order valence-corrected chi connectivity index (χ0v) is 15.0. The lowest BCUT2D eigenvalue weighted by molar-refractivity contribution is -0.921. The molecule has 0 aromatic rings. The van der Waals surface area contributed by atoms with Crippen molar-refractivity contribution in [3.8, 4) is 0 Å². The third kappa shape index (κ3) is 81.4. The van der Waals surface area contributed by atoms with Crippen LogP contribution in [0.3, 0.4) is 0 Å². The van der Waals surface area contributed by atoms with Crippen LogP contribution in [0.2, 0.25) is 0 Å². The third-order valence-electron chi connectivity index (χ3n) is 2.68. The summed E-state index contributed by atoms with van der Waals surface area (Å²) in [5, 5.41) is 86.0. The molecule has 0 aromatic heterocycles. The van der Waals surface area contributed by atoms with Gasteiger partial charge in [0, 0.05) is 0 Å². The summed E-state index contributed by atoms with van der Waals surface area (Å²) in [6.45, 7) is 14.2. The van der Waals surface area contributed by atoms with Gasteiger partial charge >= 0.3 is 29.3 Å². The minimum Gasteiger partial charge on any atom is -0.402 e. The number of rotatable bonds is 4. The second kappa shape index (κ2) is 26.0. The summed E-state index contributed by atoms with van der Waals surface area (Å²) in [6.07, 6.45) is 0. The van der Waals surface area contributed by atoms with Gasteiger partial charge in [-0.05, 0) is 27.7 Å². The van der Waals surface area contributed by atoms with Crippen LogP contribution in [0, 0.1) is 0 Å². The van der Waals surface area contributed by atoms with E-state index in [4.69, 9.17) is 60.3 Å². The highest BCUT2D eigenvalue weighted by atomic mass is 16.5. The van der Waals surface area contributed by atoms with Crippen LogP contribution in [0.15, 0.2) is 0 Å². The number of hydrogen-bond acceptors (Lipinski definition) is 12. The van der Waals surface area contributed by atoms with Crippen LogP contribution < -0.4 is 0 Å². The maximum Gasteiger partial charge on any atom is 0.631 e. The van der Waals surface area contributed by atoms with E-state index in [9.17, 15) is 0 Å². The smallest absolute Gasteiger partial charge is 0.402 e. The quantitative estimate of drug-likeness (QED) is 0.162. The van der Waals surface area contributed by atoms with Gasteiger partial charge in [-0.1, -0.05) is 0 Å². The fraction of sp³-hybridized carbons (Fsp3) is 1.00. The van der Waals surface area contributed by atoms with Crippen molar-refractivity contribution >= 4 is 29.3 Å². The molecule has 0 saturated heterocycles. The van der Waals surface area contributed by atoms with E-state index in [1.54, 1.807) is 0 Å². The molecule has 0 heterocycles. The van der Waals surface area contributed by atoms with Crippen LogP contribution in [0.25, 0.3) is 0 Å². The molecule has 0 aliphatic carbocycles. The van der Waals surface area contributed by atoms with Gasteiger partial charge in [-0.3, -0.25) is 0 Å². The van der Waals surface area contributed by atoms with Gasteiger partial charge in [-0.25, -0.2) is 0 Å². The summed E-state index contributed by atoms with van der Waals surface area (Å²) in [5.41, 5.74) is 0. The van der Waals surface area contributed by atoms with Gasteiger partial charge in [-0.2, -0.15) is 0 Å². The van der Waals surface area contributed by atoms with Crippen molar-refractivity contribution in [2.75, 3.05) is 26.2 Å². The zero-order chi connectivity index (χ0) is 21.6. The standard InChI is InChI=1S/C8H20N.4BH3O3/c1-5-9(6-2,7-3)8-4;4*2-1(3)4/h5-8H2,1-4H3;4*2-4H/q+1;;;;. The van der Waals surface area contributed by atoms with E-state index in [-0.39, 0.29) is 0 Å². The molecule has 0 rings (SSSR count). The Hall–Kier alpha value is -0.260. The van der Waals surface area contributed by atoms with Crippen LogP contribution >= 0.6 is 0 Å². The summed E-state index contributed by atoms with van der Waals surface area (Å²) in [5.74, 6) is 0. The lowest BCUT2D eigenvalue weighted by atomic mass is 10.3. The zero-order valence-electron chi connectivity index (χ0n) is 15.0. The van der Waals surface area contributed by atoms with Gasteiger partial charge in [0.2, 0.25) is 0 Å². The first kappa shape index (κ1) is 35.8. The van der Waals surface area contributed by atoms with Gasteiger partial charge in [0.1, 0.15) is 0 Å². The van der Waals surface area contributed by atoms with Crippen LogP contribution in [0.5, 0.6) is 0 Å². The number of quaternary nitrogens is 1. The SMILES string of the molecule is CC[N+](CC)(CC)CC.OB(O)O.OB(O)O.OB(O)O.OB(O)O. The Balaban J connectivity index is -0.0000000714. The predicted molar refractivity (Wildman–Crippen MR) is 92.1 cm³/mol. The minimum absolute atomic E-state index is 1.28. The Morgan fingerprint density at radius 1 is 0.400 bits per heavy atom. The fourth-order valence-corrected chi connectivity index (χ4v) is 1.34. The van der Waals surface area contributed by atoms with E-state index >= 15 is 0 Å². The molecular formula is C8H32B4NO12+. The second-order valence-corrected chi connectivity index (χ2v) is 3.99. The molecule has 17 heteroatoms. The Labute approximate surface area is 149 Å². The summed E-state index contributed by atoms with van der Waals surface area (Å²) in [6, 6.07) is 0. The number of nitrogens with zero attached hydrogens (tertiary/aromatic N) is 1. The van der Waals surface area contributed by atoms with Gasteiger partial charge in [0.25, 0.3) is 0 Å². The first-order valence-electron chi connectivity index (χ1n) is 7.19. The molecule has 0 amide bonds. The van der Waals surface area contributed by atoms with Gasteiger partial charge in [0.15, 0.2) is 0 Å².